The van der Waals surface area contributed by atoms with Crippen molar-refractivity contribution in [2.75, 3.05) is 4.90 Å². The Labute approximate surface area is 337 Å². The monoisotopic (exact) mass is 775 g/mol. The third kappa shape index (κ3) is 3.73. The van der Waals surface area contributed by atoms with Gasteiger partial charge in [-0.05, 0) is 99.1 Å². The molecule has 1 aliphatic heterocycles. The summed E-state index contributed by atoms with van der Waals surface area (Å²) in [5.74, 6) is 1.06. The Hall–Kier alpha value is -7.47. The molecular formula is C51H30N5O2P. The maximum Gasteiger partial charge on any atom is 0.306 e. The molecule has 14 rings (SSSR count). The number of rotatable bonds is 2. The van der Waals surface area contributed by atoms with Crippen LogP contribution in [0, 0.1) is 0 Å². The van der Waals surface area contributed by atoms with E-state index >= 15 is 4.57 Å². The Morgan fingerprint density at radius 3 is 1.59 bits per heavy atom. The number of hydrogen-bond acceptors (Lipinski definition) is 5. The third-order valence-electron chi connectivity index (χ3n) is 12.9. The van der Waals surface area contributed by atoms with E-state index in [1.54, 1.807) is 0 Å². The van der Waals surface area contributed by atoms with Crippen LogP contribution >= 0.6 is 7.44 Å². The van der Waals surface area contributed by atoms with Crippen LogP contribution in [0.4, 0.5) is 17.6 Å². The molecule has 0 fully saturated rings. The van der Waals surface area contributed by atoms with Gasteiger partial charge in [0.15, 0.2) is 0 Å². The van der Waals surface area contributed by atoms with Crippen molar-refractivity contribution in [2.24, 2.45) is 0 Å². The second-order valence-electron chi connectivity index (χ2n) is 15.7. The first-order valence-corrected chi connectivity index (χ1v) is 21.5. The zero-order valence-electron chi connectivity index (χ0n) is 31.3. The molecule has 0 radical (unpaired) electrons. The van der Waals surface area contributed by atoms with Crippen molar-refractivity contribution in [2.45, 2.75) is 5.41 Å². The van der Waals surface area contributed by atoms with E-state index in [9.17, 15) is 0 Å². The fourth-order valence-corrected chi connectivity index (χ4v) is 13.5. The minimum absolute atomic E-state index is 0.530. The van der Waals surface area contributed by atoms with Gasteiger partial charge in [-0.2, -0.15) is 0 Å². The van der Waals surface area contributed by atoms with Gasteiger partial charge >= 0.3 is 7.44 Å². The highest BCUT2D eigenvalue weighted by Crippen LogP contribution is 2.65. The molecule has 0 N–H and O–H groups in total. The van der Waals surface area contributed by atoms with Gasteiger partial charge in [-0.3, -0.25) is 4.57 Å². The van der Waals surface area contributed by atoms with Crippen LogP contribution in [0.2, 0.25) is 0 Å². The minimum atomic E-state index is -3.88. The van der Waals surface area contributed by atoms with Gasteiger partial charge < -0.3 is 4.42 Å². The number of furan rings is 1. The molecule has 0 saturated heterocycles. The van der Waals surface area contributed by atoms with Crippen LogP contribution in [-0.2, 0) is 9.98 Å². The number of fused-ring (bicyclic) bond motifs is 19. The van der Waals surface area contributed by atoms with Crippen molar-refractivity contribution in [1.29, 1.82) is 0 Å². The van der Waals surface area contributed by atoms with Gasteiger partial charge in [0.05, 0.1) is 38.5 Å². The highest BCUT2D eigenvalue weighted by molar-refractivity contribution is 7.69. The number of hydrogen-bond donors (Lipinski definition) is 0. The van der Waals surface area contributed by atoms with E-state index < -0.39 is 12.9 Å². The molecule has 7 nitrogen and oxygen atoms in total. The van der Waals surface area contributed by atoms with Crippen LogP contribution in [0.25, 0.3) is 66.3 Å². The number of aromatic nitrogens is 4. The summed E-state index contributed by atoms with van der Waals surface area (Å²) in [6, 6.07) is 63.2. The predicted octanol–water partition coefficient (Wildman–Crippen LogP) is 12.3. The second-order valence-corrected chi connectivity index (χ2v) is 18.1. The van der Waals surface area contributed by atoms with Crippen LogP contribution in [0.3, 0.4) is 0 Å². The van der Waals surface area contributed by atoms with Gasteiger partial charge in [-0.1, -0.05) is 121 Å². The molecule has 3 aromatic heterocycles. The first-order chi connectivity index (χ1) is 29.1. The Morgan fingerprint density at radius 2 is 0.966 bits per heavy atom. The molecule has 1 spiro atoms. The summed E-state index contributed by atoms with van der Waals surface area (Å²) in [7, 11) is -3.88. The van der Waals surface area contributed by atoms with Crippen LogP contribution in [0.15, 0.2) is 186 Å². The van der Waals surface area contributed by atoms with Crippen LogP contribution < -0.4 is 10.2 Å². The average Bonchev–Trinajstić information content (AvgIpc) is 4.09. The number of para-hydroxylation sites is 5. The topological polar surface area (TPSA) is 69.1 Å². The normalized spacial score (nSPS) is 15.1. The van der Waals surface area contributed by atoms with Crippen LogP contribution in [-0.4, -0.2) is 18.6 Å². The maximum absolute atomic E-state index is 17.3. The van der Waals surface area contributed by atoms with Gasteiger partial charge in [0.25, 0.3) is 0 Å². The van der Waals surface area contributed by atoms with Crippen molar-refractivity contribution in [3.8, 4) is 22.3 Å². The fourth-order valence-electron chi connectivity index (χ4n) is 10.6. The lowest BCUT2D eigenvalue weighted by Crippen LogP contribution is -2.31. The first kappa shape index (κ1) is 31.6. The van der Waals surface area contributed by atoms with Crippen LogP contribution in [0.5, 0.6) is 0 Å². The first-order valence-electron chi connectivity index (χ1n) is 19.9. The number of benzene rings is 8. The van der Waals surface area contributed by atoms with Crippen molar-refractivity contribution in [1.82, 2.24) is 18.6 Å². The van der Waals surface area contributed by atoms with Gasteiger partial charge in [-0.15, -0.1) is 0 Å². The molecule has 8 aromatic carbocycles. The molecule has 0 amide bonds. The Bertz CT molecular complexity index is 3560. The SMILES string of the molecule is O=P1(c2ccc3c(c2)C2(c4ccccc4-c4ccccc42)c2ccccc2-3)n2c(nc3ccccc32)N(c2ccc3c(c2)oc2ccccc23)c2nc3ccccc3n21. The Balaban J connectivity index is 1.09. The maximum atomic E-state index is 17.3. The van der Waals surface area contributed by atoms with E-state index in [0.717, 1.165) is 60.8 Å². The largest absolute Gasteiger partial charge is 0.456 e. The molecule has 0 unspecified atom stereocenters. The zero-order valence-corrected chi connectivity index (χ0v) is 32.2. The summed E-state index contributed by atoms with van der Waals surface area (Å²) >= 11 is 0. The lowest BCUT2D eigenvalue weighted by atomic mass is 9.70. The summed E-state index contributed by atoms with van der Waals surface area (Å²) in [6.07, 6.45) is 0. The molecular weight excluding hydrogens is 746 g/mol. The van der Waals surface area contributed by atoms with E-state index in [1.807, 2.05) is 86.4 Å². The van der Waals surface area contributed by atoms with Crippen molar-refractivity contribution in [3.63, 3.8) is 0 Å². The summed E-state index contributed by atoms with van der Waals surface area (Å²) in [4.78, 5) is 12.6. The van der Waals surface area contributed by atoms with E-state index in [2.05, 4.69) is 109 Å². The summed E-state index contributed by atoms with van der Waals surface area (Å²) in [5.41, 5.74) is 14.5. The van der Waals surface area contributed by atoms with Crippen molar-refractivity contribution < 1.29 is 8.98 Å². The highest BCUT2D eigenvalue weighted by Gasteiger charge is 2.53. The molecule has 11 aromatic rings. The van der Waals surface area contributed by atoms with Gasteiger partial charge in [0, 0.05) is 16.8 Å². The summed E-state index contributed by atoms with van der Waals surface area (Å²) in [6.45, 7) is 0. The highest BCUT2D eigenvalue weighted by atomic mass is 31.2. The molecule has 276 valence electrons. The van der Waals surface area contributed by atoms with E-state index in [-0.39, 0.29) is 0 Å². The van der Waals surface area contributed by atoms with Gasteiger partial charge in [0.1, 0.15) is 11.2 Å². The third-order valence-corrected chi connectivity index (χ3v) is 15.7. The predicted molar refractivity (Wildman–Crippen MR) is 236 cm³/mol. The van der Waals surface area contributed by atoms with Crippen molar-refractivity contribution >= 4 is 74.3 Å². The zero-order chi connectivity index (χ0) is 38.6. The summed E-state index contributed by atoms with van der Waals surface area (Å²) in [5, 5.41) is 2.78. The molecule has 2 aliphatic carbocycles. The average molecular weight is 776 g/mol. The molecule has 59 heavy (non-hydrogen) atoms. The van der Waals surface area contributed by atoms with Crippen LogP contribution in [0.1, 0.15) is 22.3 Å². The number of imidazole rings is 2. The Kier molecular flexibility index (Phi) is 5.85. The smallest absolute Gasteiger partial charge is 0.306 e. The molecule has 4 heterocycles. The second kappa shape index (κ2) is 10.9. The van der Waals surface area contributed by atoms with Crippen molar-refractivity contribution in [3.05, 3.63) is 204 Å². The quantitative estimate of drug-likeness (QED) is 0.164. The number of nitrogens with zero attached hydrogens (tertiary/aromatic N) is 5. The molecule has 0 atom stereocenters. The molecule has 0 bridgehead atoms. The van der Waals surface area contributed by atoms with E-state index in [1.165, 1.54) is 33.4 Å². The minimum Gasteiger partial charge on any atom is -0.456 e. The standard InChI is InChI=1S/C51H30N5O2P/c57-59(32-26-28-36-35-15-3-7-19-41(35)51(42(36)30-32)39-17-5-1-13-33(39)34-14-2-6-18-40(34)51)55-45-22-10-8-20-43(45)52-49(55)54(50-53-44-21-9-11-23-46(44)56(50)59)31-25-27-38-37-16-4-12-24-47(37)58-48(38)29-31/h1-30H. The fraction of sp³-hybridized carbons (Fsp3) is 0.0196. The van der Waals surface area contributed by atoms with E-state index in [4.69, 9.17) is 14.4 Å². The van der Waals surface area contributed by atoms with Gasteiger partial charge in [0.2, 0.25) is 11.9 Å². The number of anilines is 3. The summed E-state index contributed by atoms with van der Waals surface area (Å²) < 4.78 is 27.7. The lowest BCUT2D eigenvalue weighted by molar-refractivity contribution is 0.569. The van der Waals surface area contributed by atoms with E-state index in [0.29, 0.717) is 17.2 Å². The molecule has 8 heteroatoms. The molecule has 3 aliphatic rings. The Morgan fingerprint density at radius 1 is 0.458 bits per heavy atom. The molecule has 0 saturated carbocycles. The van der Waals surface area contributed by atoms with Gasteiger partial charge in [-0.25, -0.2) is 23.5 Å². The lowest BCUT2D eigenvalue weighted by Gasteiger charge is -2.36.